The zero-order valence-corrected chi connectivity index (χ0v) is 12.9. The van der Waals surface area contributed by atoms with Crippen LogP contribution in [0.4, 0.5) is 21.5 Å². The summed E-state index contributed by atoms with van der Waals surface area (Å²) in [4.78, 5) is 11.8. The molecule has 0 aliphatic rings. The molecule has 0 aromatic heterocycles. The van der Waals surface area contributed by atoms with Crippen LogP contribution in [0.1, 0.15) is 17.3 Å². The van der Waals surface area contributed by atoms with Crippen molar-refractivity contribution in [2.75, 3.05) is 17.7 Å². The van der Waals surface area contributed by atoms with Crippen molar-refractivity contribution in [2.24, 2.45) is 0 Å². The molecule has 3 N–H and O–H groups in total. The summed E-state index contributed by atoms with van der Waals surface area (Å²) in [6.07, 6.45) is 0. The van der Waals surface area contributed by atoms with E-state index in [0.29, 0.717) is 5.69 Å². The normalized spacial score (nSPS) is 10.2. The highest BCUT2D eigenvalue weighted by molar-refractivity contribution is 9.10. The Labute approximate surface area is 130 Å². The molecule has 0 amide bonds. The molecule has 0 fully saturated rings. The number of carbonyl (C=O) groups excluding carboxylic acids is 1. The molecule has 2 rings (SSSR count). The smallest absolute Gasteiger partial charge is 0.340 e. The molecular formula is C15H14BrFN2O2. The topological polar surface area (TPSA) is 64.3 Å². The van der Waals surface area contributed by atoms with Crippen LogP contribution in [-0.4, -0.2) is 12.6 Å². The van der Waals surface area contributed by atoms with Crippen molar-refractivity contribution in [3.05, 3.63) is 52.3 Å². The first-order chi connectivity index (χ1) is 10.0. The molecule has 0 heterocycles. The number of halogens is 2. The minimum Gasteiger partial charge on any atom is -0.462 e. The van der Waals surface area contributed by atoms with Crippen molar-refractivity contribution < 1.29 is 13.9 Å². The predicted octanol–water partition coefficient (Wildman–Crippen LogP) is 4.09. The van der Waals surface area contributed by atoms with Crippen LogP contribution in [0, 0.1) is 5.82 Å². The molecule has 2 aromatic rings. The molecule has 0 aliphatic heterocycles. The van der Waals surface area contributed by atoms with Gasteiger partial charge in [-0.25, -0.2) is 9.18 Å². The van der Waals surface area contributed by atoms with Gasteiger partial charge in [-0.3, -0.25) is 0 Å². The SMILES string of the molecule is CCOC(=O)c1cc(Nc2ccccc2Br)c(F)cc1N. The van der Waals surface area contributed by atoms with E-state index in [2.05, 4.69) is 21.2 Å². The summed E-state index contributed by atoms with van der Waals surface area (Å²) in [5.41, 5.74) is 6.67. The van der Waals surface area contributed by atoms with Gasteiger partial charge >= 0.3 is 5.97 Å². The Balaban J connectivity index is 2.38. The maximum Gasteiger partial charge on any atom is 0.340 e. The standard InChI is InChI=1S/C15H14BrFN2O2/c1-2-21-15(20)9-7-14(11(17)8-12(9)18)19-13-6-4-3-5-10(13)16/h3-8,19H,2,18H2,1H3. The summed E-state index contributed by atoms with van der Waals surface area (Å²) >= 11 is 3.36. The van der Waals surface area contributed by atoms with E-state index in [-0.39, 0.29) is 23.5 Å². The van der Waals surface area contributed by atoms with Gasteiger partial charge in [0.2, 0.25) is 0 Å². The number of ether oxygens (including phenoxy) is 1. The molecule has 0 bridgehead atoms. The Bertz CT molecular complexity index is 677. The van der Waals surface area contributed by atoms with Crippen molar-refractivity contribution in [3.63, 3.8) is 0 Å². The van der Waals surface area contributed by atoms with E-state index in [1.54, 1.807) is 13.0 Å². The van der Waals surface area contributed by atoms with Crippen LogP contribution in [0.5, 0.6) is 0 Å². The third-order valence-corrected chi connectivity index (χ3v) is 3.47. The van der Waals surface area contributed by atoms with E-state index in [1.165, 1.54) is 6.07 Å². The number of nitrogens with one attached hydrogen (secondary N) is 1. The van der Waals surface area contributed by atoms with Crippen molar-refractivity contribution in [1.82, 2.24) is 0 Å². The Morgan fingerprint density at radius 3 is 2.71 bits per heavy atom. The third-order valence-electron chi connectivity index (χ3n) is 2.78. The van der Waals surface area contributed by atoms with E-state index in [4.69, 9.17) is 10.5 Å². The highest BCUT2D eigenvalue weighted by Crippen LogP contribution is 2.29. The van der Waals surface area contributed by atoms with Crippen LogP contribution in [0.15, 0.2) is 40.9 Å². The number of benzene rings is 2. The van der Waals surface area contributed by atoms with Gasteiger partial charge in [-0.15, -0.1) is 0 Å². The Kier molecular flexibility index (Phi) is 4.80. The summed E-state index contributed by atoms with van der Waals surface area (Å²) < 4.78 is 19.7. The molecule has 0 radical (unpaired) electrons. The van der Waals surface area contributed by atoms with E-state index in [1.807, 2.05) is 18.2 Å². The lowest BCUT2D eigenvalue weighted by Gasteiger charge is -2.12. The lowest BCUT2D eigenvalue weighted by Crippen LogP contribution is -2.09. The van der Waals surface area contributed by atoms with E-state index in [9.17, 15) is 9.18 Å². The second-order valence-electron chi connectivity index (χ2n) is 4.24. The van der Waals surface area contributed by atoms with Crippen molar-refractivity contribution in [1.29, 1.82) is 0 Å². The quantitative estimate of drug-likeness (QED) is 0.642. The van der Waals surface area contributed by atoms with Crippen LogP contribution in [0.25, 0.3) is 0 Å². The third kappa shape index (κ3) is 3.52. The Morgan fingerprint density at radius 1 is 1.33 bits per heavy atom. The molecule has 0 atom stereocenters. The average Bonchev–Trinajstić information content (AvgIpc) is 2.44. The number of anilines is 3. The van der Waals surface area contributed by atoms with Crippen LogP contribution in [0.2, 0.25) is 0 Å². The van der Waals surface area contributed by atoms with Gasteiger partial charge < -0.3 is 15.8 Å². The highest BCUT2D eigenvalue weighted by Gasteiger charge is 2.15. The van der Waals surface area contributed by atoms with Crippen molar-refractivity contribution in [2.45, 2.75) is 6.92 Å². The Hall–Kier alpha value is -2.08. The number of para-hydroxylation sites is 1. The van der Waals surface area contributed by atoms with E-state index in [0.717, 1.165) is 10.5 Å². The zero-order valence-electron chi connectivity index (χ0n) is 11.3. The molecular weight excluding hydrogens is 339 g/mol. The van der Waals surface area contributed by atoms with Gasteiger partial charge in [0.25, 0.3) is 0 Å². The minimum absolute atomic E-state index is 0.0450. The largest absolute Gasteiger partial charge is 0.462 e. The number of nitrogen functional groups attached to an aromatic ring is 1. The van der Waals surface area contributed by atoms with Crippen molar-refractivity contribution >= 4 is 39.0 Å². The van der Waals surface area contributed by atoms with E-state index >= 15 is 0 Å². The number of carbonyl (C=O) groups is 1. The molecule has 0 aliphatic carbocycles. The first-order valence-electron chi connectivity index (χ1n) is 6.30. The first-order valence-corrected chi connectivity index (χ1v) is 7.10. The molecule has 6 heteroatoms. The molecule has 0 saturated carbocycles. The molecule has 4 nitrogen and oxygen atoms in total. The summed E-state index contributed by atoms with van der Waals surface area (Å²) in [5, 5.41) is 2.92. The lowest BCUT2D eigenvalue weighted by molar-refractivity contribution is 0.0527. The lowest BCUT2D eigenvalue weighted by atomic mass is 10.1. The zero-order chi connectivity index (χ0) is 15.4. The number of rotatable bonds is 4. The van der Waals surface area contributed by atoms with Gasteiger partial charge in [0.1, 0.15) is 5.82 Å². The van der Waals surface area contributed by atoms with E-state index < -0.39 is 11.8 Å². The highest BCUT2D eigenvalue weighted by atomic mass is 79.9. The molecule has 0 unspecified atom stereocenters. The number of nitrogens with two attached hydrogens (primary N) is 1. The second-order valence-corrected chi connectivity index (χ2v) is 5.10. The van der Waals surface area contributed by atoms with Gasteiger partial charge in [0, 0.05) is 10.2 Å². The van der Waals surface area contributed by atoms with Crippen molar-refractivity contribution in [3.8, 4) is 0 Å². The van der Waals surface area contributed by atoms with Crippen LogP contribution < -0.4 is 11.1 Å². The van der Waals surface area contributed by atoms with Crippen LogP contribution in [-0.2, 0) is 4.74 Å². The predicted molar refractivity (Wildman–Crippen MR) is 84.2 cm³/mol. The summed E-state index contributed by atoms with van der Waals surface area (Å²) in [6.45, 7) is 1.92. The second kappa shape index (κ2) is 6.58. The minimum atomic E-state index is -0.579. The van der Waals surface area contributed by atoms with Gasteiger partial charge in [-0.2, -0.15) is 0 Å². The number of esters is 1. The summed E-state index contributed by atoms with van der Waals surface area (Å²) in [7, 11) is 0. The molecule has 0 spiro atoms. The first kappa shape index (κ1) is 15.3. The van der Waals surface area contributed by atoms with Gasteiger partial charge in [-0.1, -0.05) is 12.1 Å². The maximum absolute atomic E-state index is 14.0. The number of hydrogen-bond donors (Lipinski definition) is 2. The number of hydrogen-bond acceptors (Lipinski definition) is 4. The fraction of sp³-hybridized carbons (Fsp3) is 0.133. The van der Waals surface area contributed by atoms with Gasteiger partial charge in [0.15, 0.2) is 0 Å². The van der Waals surface area contributed by atoms with Gasteiger partial charge in [-0.05, 0) is 47.1 Å². The fourth-order valence-electron chi connectivity index (χ4n) is 1.78. The molecule has 21 heavy (non-hydrogen) atoms. The van der Waals surface area contributed by atoms with Crippen LogP contribution in [0.3, 0.4) is 0 Å². The summed E-state index contributed by atoms with van der Waals surface area (Å²) in [5.74, 6) is -1.12. The monoisotopic (exact) mass is 352 g/mol. The average molecular weight is 353 g/mol. The Morgan fingerprint density at radius 2 is 2.05 bits per heavy atom. The molecule has 2 aromatic carbocycles. The molecule has 110 valence electrons. The summed E-state index contributed by atoms with van der Waals surface area (Å²) in [6, 6.07) is 9.72. The maximum atomic E-state index is 14.0. The fourth-order valence-corrected chi connectivity index (χ4v) is 2.16. The molecule has 0 saturated heterocycles. The van der Waals surface area contributed by atoms with Gasteiger partial charge in [0.05, 0.1) is 23.5 Å². The van der Waals surface area contributed by atoms with Crippen LogP contribution >= 0.6 is 15.9 Å².